The number of anilines is 1. The van der Waals surface area contributed by atoms with Crippen LogP contribution in [0.5, 0.6) is 5.75 Å². The number of Topliss-reactive ketones (excluding diaryl/α,β-unsaturated/α-hetero) is 1. The van der Waals surface area contributed by atoms with E-state index in [0.717, 1.165) is 18.0 Å². The first-order valence-electron chi connectivity index (χ1n) is 6.83. The van der Waals surface area contributed by atoms with Gasteiger partial charge in [-0.3, -0.25) is 4.79 Å². The first-order chi connectivity index (χ1) is 9.02. The third-order valence-corrected chi connectivity index (χ3v) is 3.37. The van der Waals surface area contributed by atoms with E-state index in [1.165, 1.54) is 0 Å². The van der Waals surface area contributed by atoms with Gasteiger partial charge in [-0.05, 0) is 45.5 Å². The molecule has 1 heterocycles. The Bertz CT molecular complexity index is 471. The molecule has 104 valence electrons. The van der Waals surface area contributed by atoms with E-state index in [0.29, 0.717) is 24.6 Å². The second-order valence-corrected chi connectivity index (χ2v) is 5.32. The summed E-state index contributed by atoms with van der Waals surface area (Å²) in [6.07, 6.45) is 0.554. The maximum absolute atomic E-state index is 11.9. The summed E-state index contributed by atoms with van der Waals surface area (Å²) < 4.78 is 5.83. The molecule has 1 aromatic rings. The van der Waals surface area contributed by atoms with Gasteiger partial charge < -0.3 is 15.4 Å². The van der Waals surface area contributed by atoms with Crippen LogP contribution < -0.4 is 15.4 Å². The summed E-state index contributed by atoms with van der Waals surface area (Å²) in [5.41, 5.74) is 7.17. The summed E-state index contributed by atoms with van der Waals surface area (Å²) >= 11 is 0. The molecule has 1 aromatic carbocycles. The number of hydrogen-bond donors (Lipinski definition) is 1. The van der Waals surface area contributed by atoms with Crippen molar-refractivity contribution in [1.29, 1.82) is 0 Å². The molecule has 0 fully saturated rings. The van der Waals surface area contributed by atoms with E-state index in [9.17, 15) is 4.79 Å². The summed E-state index contributed by atoms with van der Waals surface area (Å²) in [6.45, 7) is 7.59. The molecule has 0 spiro atoms. The summed E-state index contributed by atoms with van der Waals surface area (Å²) in [4.78, 5) is 14.2. The smallest absolute Gasteiger partial charge is 0.164 e. The summed E-state index contributed by atoms with van der Waals surface area (Å²) in [7, 11) is 0. The largest absolute Gasteiger partial charge is 0.487 e. The Kier molecular flexibility index (Phi) is 4.10. The predicted molar refractivity (Wildman–Crippen MR) is 77.0 cm³/mol. The monoisotopic (exact) mass is 262 g/mol. The molecule has 19 heavy (non-hydrogen) atoms. The molecular formula is C15H22N2O2. The number of ether oxygens (including phenoxy) is 1. The second-order valence-electron chi connectivity index (χ2n) is 5.32. The summed E-state index contributed by atoms with van der Waals surface area (Å²) in [5, 5.41) is 0. The van der Waals surface area contributed by atoms with E-state index >= 15 is 0 Å². The van der Waals surface area contributed by atoms with E-state index in [-0.39, 0.29) is 11.9 Å². The molecule has 0 amide bonds. The minimum Gasteiger partial charge on any atom is -0.487 e. The molecule has 1 unspecified atom stereocenters. The number of carbonyl (C=O) groups excluding carboxylic acids is 1. The van der Waals surface area contributed by atoms with Gasteiger partial charge in [0.15, 0.2) is 5.78 Å². The highest BCUT2D eigenvalue weighted by Gasteiger charge is 2.25. The molecule has 4 nitrogen and oxygen atoms in total. The lowest BCUT2D eigenvalue weighted by Crippen LogP contribution is -2.42. The van der Waals surface area contributed by atoms with Crippen LogP contribution in [0.3, 0.4) is 0 Å². The van der Waals surface area contributed by atoms with Crippen LogP contribution in [0.2, 0.25) is 0 Å². The zero-order valence-electron chi connectivity index (χ0n) is 11.8. The van der Waals surface area contributed by atoms with Crippen molar-refractivity contribution < 1.29 is 9.53 Å². The summed E-state index contributed by atoms with van der Waals surface area (Å²) in [5.74, 6) is 0.948. The SMILES string of the molecule is CC1CN(C(C)C)c2cc(C(=O)CCN)ccc2O1. The van der Waals surface area contributed by atoms with Gasteiger partial charge >= 0.3 is 0 Å². The lowest BCUT2D eigenvalue weighted by molar-refractivity contribution is 0.0985. The molecule has 1 atom stereocenters. The van der Waals surface area contributed by atoms with Crippen molar-refractivity contribution in [2.75, 3.05) is 18.0 Å². The number of rotatable bonds is 4. The van der Waals surface area contributed by atoms with Gasteiger partial charge in [0.2, 0.25) is 0 Å². The highest BCUT2D eigenvalue weighted by molar-refractivity contribution is 5.97. The average molecular weight is 262 g/mol. The van der Waals surface area contributed by atoms with Gasteiger partial charge in [-0.1, -0.05) is 0 Å². The third kappa shape index (κ3) is 2.89. The van der Waals surface area contributed by atoms with Crippen LogP contribution in [-0.2, 0) is 0 Å². The Morgan fingerprint density at radius 2 is 2.26 bits per heavy atom. The van der Waals surface area contributed by atoms with Gasteiger partial charge in [-0.25, -0.2) is 0 Å². The van der Waals surface area contributed by atoms with Crippen molar-refractivity contribution >= 4 is 11.5 Å². The zero-order valence-corrected chi connectivity index (χ0v) is 11.8. The third-order valence-electron chi connectivity index (χ3n) is 3.37. The number of fused-ring (bicyclic) bond motifs is 1. The highest BCUT2D eigenvalue weighted by atomic mass is 16.5. The minimum absolute atomic E-state index is 0.0904. The lowest BCUT2D eigenvalue weighted by Gasteiger charge is -2.37. The van der Waals surface area contributed by atoms with Gasteiger partial charge in [-0.15, -0.1) is 0 Å². The maximum Gasteiger partial charge on any atom is 0.164 e. The molecule has 0 radical (unpaired) electrons. The van der Waals surface area contributed by atoms with Crippen LogP contribution in [0.1, 0.15) is 37.6 Å². The van der Waals surface area contributed by atoms with Crippen molar-refractivity contribution in [3.8, 4) is 5.75 Å². The Balaban J connectivity index is 2.36. The number of benzene rings is 1. The molecule has 2 rings (SSSR count). The molecule has 0 bridgehead atoms. The van der Waals surface area contributed by atoms with E-state index in [1.54, 1.807) is 0 Å². The Morgan fingerprint density at radius 3 is 2.89 bits per heavy atom. The van der Waals surface area contributed by atoms with Crippen molar-refractivity contribution in [2.45, 2.75) is 39.3 Å². The minimum atomic E-state index is 0.0904. The number of carbonyl (C=O) groups is 1. The molecule has 0 aliphatic carbocycles. The molecular weight excluding hydrogens is 240 g/mol. The van der Waals surface area contributed by atoms with Crippen LogP contribution in [0.15, 0.2) is 18.2 Å². The number of ketones is 1. The molecule has 0 saturated heterocycles. The van der Waals surface area contributed by atoms with Crippen LogP contribution in [0.25, 0.3) is 0 Å². The Morgan fingerprint density at radius 1 is 1.53 bits per heavy atom. The molecule has 2 N–H and O–H groups in total. The summed E-state index contributed by atoms with van der Waals surface area (Å²) in [6, 6.07) is 6.03. The predicted octanol–water partition coefficient (Wildman–Crippen LogP) is 2.21. The van der Waals surface area contributed by atoms with E-state index < -0.39 is 0 Å². The van der Waals surface area contributed by atoms with E-state index in [4.69, 9.17) is 10.5 Å². The molecule has 1 aliphatic heterocycles. The fourth-order valence-electron chi connectivity index (χ4n) is 2.41. The van der Waals surface area contributed by atoms with Gasteiger partial charge in [0.25, 0.3) is 0 Å². The molecule has 0 saturated carbocycles. The van der Waals surface area contributed by atoms with Crippen LogP contribution >= 0.6 is 0 Å². The van der Waals surface area contributed by atoms with Crippen molar-refractivity contribution in [3.05, 3.63) is 23.8 Å². The highest BCUT2D eigenvalue weighted by Crippen LogP contribution is 2.35. The van der Waals surface area contributed by atoms with Crippen molar-refractivity contribution in [2.24, 2.45) is 5.73 Å². The maximum atomic E-state index is 11.9. The molecule has 1 aliphatic rings. The van der Waals surface area contributed by atoms with Gasteiger partial charge in [0.1, 0.15) is 11.9 Å². The molecule has 0 aromatic heterocycles. The van der Waals surface area contributed by atoms with Crippen molar-refractivity contribution in [1.82, 2.24) is 0 Å². The lowest BCUT2D eigenvalue weighted by atomic mass is 10.0. The first kappa shape index (κ1) is 13.9. The fourth-order valence-corrected chi connectivity index (χ4v) is 2.41. The average Bonchev–Trinajstić information content (AvgIpc) is 2.37. The zero-order chi connectivity index (χ0) is 14.0. The van der Waals surface area contributed by atoms with Crippen LogP contribution in [-0.4, -0.2) is 31.0 Å². The second kappa shape index (κ2) is 5.61. The van der Waals surface area contributed by atoms with E-state index in [2.05, 4.69) is 25.7 Å². The van der Waals surface area contributed by atoms with Crippen LogP contribution in [0, 0.1) is 0 Å². The topological polar surface area (TPSA) is 55.6 Å². The fraction of sp³-hybridized carbons (Fsp3) is 0.533. The van der Waals surface area contributed by atoms with Crippen molar-refractivity contribution in [3.63, 3.8) is 0 Å². The van der Waals surface area contributed by atoms with Gasteiger partial charge in [0, 0.05) is 18.0 Å². The molecule has 4 heteroatoms. The number of nitrogens with zero attached hydrogens (tertiary/aromatic N) is 1. The quantitative estimate of drug-likeness (QED) is 0.845. The van der Waals surface area contributed by atoms with Gasteiger partial charge in [-0.2, -0.15) is 0 Å². The number of hydrogen-bond acceptors (Lipinski definition) is 4. The first-order valence-corrected chi connectivity index (χ1v) is 6.83. The van der Waals surface area contributed by atoms with Crippen LogP contribution in [0.4, 0.5) is 5.69 Å². The Labute approximate surface area is 114 Å². The number of nitrogens with two attached hydrogens (primary N) is 1. The Hall–Kier alpha value is -1.55. The standard InChI is InChI=1S/C15H22N2O2/c1-10(2)17-9-11(3)19-15-5-4-12(8-13(15)17)14(18)6-7-16/h4-5,8,10-11H,6-7,9,16H2,1-3H3. The van der Waals surface area contributed by atoms with Gasteiger partial charge in [0.05, 0.1) is 12.2 Å². The van der Waals surface area contributed by atoms with E-state index in [1.807, 2.05) is 18.2 Å². The normalized spacial score (nSPS) is 18.2.